The summed E-state index contributed by atoms with van der Waals surface area (Å²) in [7, 11) is 0. The maximum atomic E-state index is 4.71. The zero-order valence-corrected chi connectivity index (χ0v) is 12.9. The fraction of sp³-hybridized carbons (Fsp3) is 0.471. The summed E-state index contributed by atoms with van der Waals surface area (Å²) in [6, 6.07) is 9.42. The molecule has 1 aromatic heterocycles. The van der Waals surface area contributed by atoms with Crippen LogP contribution in [0.15, 0.2) is 30.5 Å². The Bertz CT molecular complexity index is 666. The zero-order chi connectivity index (χ0) is 14.9. The summed E-state index contributed by atoms with van der Waals surface area (Å²) < 4.78 is 0. The SMILES string of the molecule is CC1Cc2ccccc2N1c1cnnc(NC2CCCC2)n1. The molecule has 2 heterocycles. The van der Waals surface area contributed by atoms with E-state index in [2.05, 4.69) is 51.6 Å². The smallest absolute Gasteiger partial charge is 0.244 e. The molecule has 0 amide bonds. The molecule has 0 radical (unpaired) electrons. The molecular weight excluding hydrogens is 274 g/mol. The molecule has 4 rings (SSSR count). The highest BCUT2D eigenvalue weighted by molar-refractivity contribution is 5.68. The van der Waals surface area contributed by atoms with Gasteiger partial charge in [-0.25, -0.2) is 0 Å². The van der Waals surface area contributed by atoms with Gasteiger partial charge in [0.05, 0.1) is 6.20 Å². The van der Waals surface area contributed by atoms with Crippen molar-refractivity contribution in [3.8, 4) is 0 Å². The lowest BCUT2D eigenvalue weighted by molar-refractivity contribution is 0.724. The number of hydrogen-bond acceptors (Lipinski definition) is 5. The molecule has 0 spiro atoms. The Balaban J connectivity index is 1.62. The summed E-state index contributed by atoms with van der Waals surface area (Å²) in [6.07, 6.45) is 7.81. The first kappa shape index (κ1) is 13.5. The zero-order valence-electron chi connectivity index (χ0n) is 12.9. The molecule has 1 fully saturated rings. The summed E-state index contributed by atoms with van der Waals surface area (Å²) in [4.78, 5) is 6.98. The first-order valence-electron chi connectivity index (χ1n) is 8.14. The molecule has 1 atom stereocenters. The molecule has 1 unspecified atom stereocenters. The number of nitrogens with one attached hydrogen (secondary N) is 1. The summed E-state index contributed by atoms with van der Waals surface area (Å²) in [5.41, 5.74) is 2.61. The maximum Gasteiger partial charge on any atom is 0.244 e. The van der Waals surface area contributed by atoms with Gasteiger partial charge in [0.25, 0.3) is 0 Å². The van der Waals surface area contributed by atoms with Crippen LogP contribution in [0.4, 0.5) is 17.5 Å². The maximum absolute atomic E-state index is 4.71. The van der Waals surface area contributed by atoms with E-state index in [1.807, 2.05) is 0 Å². The van der Waals surface area contributed by atoms with Crippen LogP contribution in [-0.4, -0.2) is 27.3 Å². The van der Waals surface area contributed by atoms with Crippen molar-refractivity contribution in [2.45, 2.75) is 51.1 Å². The number of anilines is 3. The summed E-state index contributed by atoms with van der Waals surface area (Å²) in [5, 5.41) is 11.8. The highest BCUT2D eigenvalue weighted by Gasteiger charge is 2.28. The molecule has 1 saturated carbocycles. The number of benzene rings is 1. The normalized spacial score (nSPS) is 21.1. The number of rotatable bonds is 3. The van der Waals surface area contributed by atoms with Crippen molar-refractivity contribution in [2.24, 2.45) is 0 Å². The first-order valence-corrected chi connectivity index (χ1v) is 8.14. The van der Waals surface area contributed by atoms with Crippen LogP contribution >= 0.6 is 0 Å². The number of nitrogens with zero attached hydrogens (tertiary/aromatic N) is 4. The molecular formula is C17H21N5. The highest BCUT2D eigenvalue weighted by Crippen LogP contribution is 2.37. The van der Waals surface area contributed by atoms with Gasteiger partial charge in [-0.15, -0.1) is 5.10 Å². The van der Waals surface area contributed by atoms with Gasteiger partial charge in [-0.05, 0) is 37.8 Å². The molecule has 2 aromatic rings. The highest BCUT2D eigenvalue weighted by atomic mass is 15.3. The van der Waals surface area contributed by atoms with Crippen LogP contribution in [0, 0.1) is 0 Å². The third kappa shape index (κ3) is 2.40. The monoisotopic (exact) mass is 295 g/mol. The lowest BCUT2D eigenvalue weighted by Gasteiger charge is -2.23. The van der Waals surface area contributed by atoms with Gasteiger partial charge in [0.2, 0.25) is 5.95 Å². The lowest BCUT2D eigenvalue weighted by atomic mass is 10.1. The van der Waals surface area contributed by atoms with Gasteiger partial charge in [-0.3, -0.25) is 0 Å². The van der Waals surface area contributed by atoms with Gasteiger partial charge in [0, 0.05) is 17.8 Å². The van der Waals surface area contributed by atoms with E-state index in [0.717, 1.165) is 12.2 Å². The average Bonchev–Trinajstić information content (AvgIpc) is 3.14. The third-order valence-electron chi connectivity index (χ3n) is 4.69. The second kappa shape index (κ2) is 5.55. The summed E-state index contributed by atoms with van der Waals surface area (Å²) in [6.45, 7) is 2.23. The van der Waals surface area contributed by atoms with Gasteiger partial charge < -0.3 is 10.2 Å². The largest absolute Gasteiger partial charge is 0.350 e. The predicted molar refractivity (Wildman–Crippen MR) is 87.5 cm³/mol. The second-order valence-corrected chi connectivity index (χ2v) is 6.32. The van der Waals surface area contributed by atoms with Crippen LogP contribution < -0.4 is 10.2 Å². The van der Waals surface area contributed by atoms with Crippen molar-refractivity contribution in [1.29, 1.82) is 0 Å². The topological polar surface area (TPSA) is 53.9 Å². The van der Waals surface area contributed by atoms with E-state index >= 15 is 0 Å². The Morgan fingerprint density at radius 1 is 1.18 bits per heavy atom. The Morgan fingerprint density at radius 3 is 2.86 bits per heavy atom. The van der Waals surface area contributed by atoms with Crippen molar-refractivity contribution in [1.82, 2.24) is 15.2 Å². The molecule has 5 heteroatoms. The van der Waals surface area contributed by atoms with Gasteiger partial charge in [0.15, 0.2) is 5.82 Å². The molecule has 114 valence electrons. The van der Waals surface area contributed by atoms with Crippen molar-refractivity contribution in [3.63, 3.8) is 0 Å². The van der Waals surface area contributed by atoms with Crippen LogP contribution in [0.25, 0.3) is 0 Å². The minimum Gasteiger partial charge on any atom is -0.350 e. The van der Waals surface area contributed by atoms with Crippen LogP contribution in [0.1, 0.15) is 38.2 Å². The van der Waals surface area contributed by atoms with E-state index in [4.69, 9.17) is 4.98 Å². The molecule has 0 saturated heterocycles. The lowest BCUT2D eigenvalue weighted by Crippen LogP contribution is -2.26. The van der Waals surface area contributed by atoms with Crippen molar-refractivity contribution in [3.05, 3.63) is 36.0 Å². The molecule has 0 bridgehead atoms. The molecule has 1 aliphatic carbocycles. The van der Waals surface area contributed by atoms with E-state index in [0.29, 0.717) is 18.0 Å². The summed E-state index contributed by atoms with van der Waals surface area (Å²) in [5.74, 6) is 1.54. The van der Waals surface area contributed by atoms with Crippen LogP contribution in [0.2, 0.25) is 0 Å². The van der Waals surface area contributed by atoms with E-state index in [-0.39, 0.29) is 0 Å². The Labute approximate surface area is 130 Å². The van der Waals surface area contributed by atoms with Gasteiger partial charge in [-0.1, -0.05) is 31.0 Å². The van der Waals surface area contributed by atoms with E-state index < -0.39 is 0 Å². The van der Waals surface area contributed by atoms with Crippen LogP contribution in [0.5, 0.6) is 0 Å². The predicted octanol–water partition coefficient (Wildman–Crippen LogP) is 3.31. The van der Waals surface area contributed by atoms with Gasteiger partial charge in [-0.2, -0.15) is 10.1 Å². The number of fused-ring (bicyclic) bond motifs is 1. The van der Waals surface area contributed by atoms with Crippen LogP contribution in [0.3, 0.4) is 0 Å². The molecule has 1 N–H and O–H groups in total. The van der Waals surface area contributed by atoms with E-state index in [1.54, 1.807) is 6.20 Å². The van der Waals surface area contributed by atoms with Crippen molar-refractivity contribution in [2.75, 3.05) is 10.2 Å². The quantitative estimate of drug-likeness (QED) is 0.941. The molecule has 1 aliphatic heterocycles. The fourth-order valence-corrected chi connectivity index (χ4v) is 3.64. The molecule has 22 heavy (non-hydrogen) atoms. The van der Waals surface area contributed by atoms with E-state index in [1.165, 1.54) is 36.9 Å². The van der Waals surface area contributed by atoms with E-state index in [9.17, 15) is 0 Å². The Kier molecular flexibility index (Phi) is 3.41. The Hall–Kier alpha value is -2.17. The molecule has 1 aromatic carbocycles. The number of aromatic nitrogens is 3. The Morgan fingerprint density at radius 2 is 2.00 bits per heavy atom. The minimum absolute atomic E-state index is 0.397. The summed E-state index contributed by atoms with van der Waals surface area (Å²) >= 11 is 0. The van der Waals surface area contributed by atoms with Crippen molar-refractivity contribution >= 4 is 17.5 Å². The van der Waals surface area contributed by atoms with Crippen LogP contribution in [-0.2, 0) is 6.42 Å². The molecule has 2 aliphatic rings. The van der Waals surface area contributed by atoms with Crippen molar-refractivity contribution < 1.29 is 0 Å². The third-order valence-corrected chi connectivity index (χ3v) is 4.69. The first-order chi connectivity index (χ1) is 10.8. The van der Waals surface area contributed by atoms with Gasteiger partial charge in [0.1, 0.15) is 0 Å². The standard InChI is InChI=1S/C17H21N5/c1-12-10-13-6-2-5-9-15(13)22(12)16-11-18-21-17(20-16)19-14-7-3-4-8-14/h2,5-6,9,11-12,14H,3-4,7-8,10H2,1H3,(H,19,20,21). The average molecular weight is 295 g/mol. The minimum atomic E-state index is 0.397. The molecule has 5 nitrogen and oxygen atoms in total. The second-order valence-electron chi connectivity index (χ2n) is 6.32. The number of hydrogen-bond donors (Lipinski definition) is 1. The fourth-order valence-electron chi connectivity index (χ4n) is 3.64. The van der Waals surface area contributed by atoms with Gasteiger partial charge >= 0.3 is 0 Å². The number of para-hydroxylation sites is 1.